The van der Waals surface area contributed by atoms with Crippen LogP contribution in [0.2, 0.25) is 0 Å². The average molecular weight is 570 g/mol. The van der Waals surface area contributed by atoms with Crippen molar-refractivity contribution in [2.75, 3.05) is 19.4 Å². The predicted octanol–water partition coefficient (Wildman–Crippen LogP) is 3.53. The summed E-state index contributed by atoms with van der Waals surface area (Å²) in [5, 5.41) is 19.7. The second-order valence-electron chi connectivity index (χ2n) is 10.2. The minimum atomic E-state index is -0.841. The summed E-state index contributed by atoms with van der Waals surface area (Å²) in [4.78, 5) is 55.6. The molecular formula is C32H35N5O5. The zero-order valence-corrected chi connectivity index (χ0v) is 24.0. The molecule has 1 heterocycles. The zero-order chi connectivity index (χ0) is 30.4. The Kier molecular flexibility index (Phi) is 9.26. The molecule has 0 saturated carbocycles. The lowest BCUT2D eigenvalue weighted by Gasteiger charge is -2.22. The number of rotatable bonds is 11. The molecule has 0 saturated heterocycles. The summed E-state index contributed by atoms with van der Waals surface area (Å²) < 4.78 is 0. The molecule has 218 valence electrons. The molecule has 10 heteroatoms. The third-order valence-electron chi connectivity index (χ3n) is 6.99. The Morgan fingerprint density at radius 2 is 1.50 bits per heavy atom. The molecule has 4 amide bonds. The number of anilines is 1. The van der Waals surface area contributed by atoms with Crippen LogP contribution in [0, 0.1) is 0 Å². The van der Waals surface area contributed by atoms with Gasteiger partial charge in [0, 0.05) is 14.1 Å². The first-order chi connectivity index (χ1) is 20.1. The van der Waals surface area contributed by atoms with Gasteiger partial charge in [-0.1, -0.05) is 73.7 Å². The normalized spacial score (nSPS) is 14.4. The summed E-state index contributed by atoms with van der Waals surface area (Å²) in [6.45, 7) is 3.67. The van der Waals surface area contributed by atoms with Gasteiger partial charge in [0.25, 0.3) is 17.7 Å². The van der Waals surface area contributed by atoms with Crippen LogP contribution < -0.4 is 16.0 Å². The van der Waals surface area contributed by atoms with Crippen molar-refractivity contribution in [3.8, 4) is 5.75 Å². The lowest BCUT2D eigenvalue weighted by atomic mass is 10.1. The lowest BCUT2D eigenvalue weighted by Crippen LogP contribution is -2.46. The van der Waals surface area contributed by atoms with Crippen LogP contribution >= 0.6 is 0 Å². The van der Waals surface area contributed by atoms with Crippen molar-refractivity contribution in [2.45, 2.75) is 38.9 Å². The average Bonchev–Trinajstić information content (AvgIpc) is 3.20. The Morgan fingerprint density at radius 1 is 0.881 bits per heavy atom. The number of carbonyl (C=O) groups is 4. The van der Waals surface area contributed by atoms with E-state index in [1.807, 2.05) is 55.5 Å². The van der Waals surface area contributed by atoms with Crippen molar-refractivity contribution >= 4 is 29.3 Å². The van der Waals surface area contributed by atoms with E-state index in [0.29, 0.717) is 6.42 Å². The molecule has 2 atom stereocenters. The quantitative estimate of drug-likeness (QED) is 0.205. The first kappa shape index (κ1) is 29.9. The van der Waals surface area contributed by atoms with Crippen LogP contribution in [-0.4, -0.2) is 58.7 Å². The fourth-order valence-corrected chi connectivity index (χ4v) is 4.59. The number of benzene rings is 3. The van der Waals surface area contributed by atoms with Crippen LogP contribution in [0.1, 0.15) is 47.8 Å². The van der Waals surface area contributed by atoms with Crippen molar-refractivity contribution in [3.05, 3.63) is 107 Å². The second kappa shape index (κ2) is 13.0. The summed E-state index contributed by atoms with van der Waals surface area (Å²) in [5.41, 5.74) is 1.51. The lowest BCUT2D eigenvalue weighted by molar-refractivity contribution is -0.138. The third kappa shape index (κ3) is 6.43. The van der Waals surface area contributed by atoms with Crippen LogP contribution in [0.4, 0.5) is 5.69 Å². The minimum absolute atomic E-state index is 0.00797. The van der Waals surface area contributed by atoms with Crippen molar-refractivity contribution < 1.29 is 24.3 Å². The number of carbonyl (C=O) groups excluding carboxylic acids is 4. The fraction of sp³-hybridized carbons (Fsp3) is 0.250. The number of aromatic hydroxyl groups is 1. The number of imide groups is 1. The summed E-state index contributed by atoms with van der Waals surface area (Å²) in [6.07, 6.45) is 0.322. The maximum Gasteiger partial charge on any atom is 0.279 e. The maximum absolute atomic E-state index is 13.7. The number of hydrogen-bond acceptors (Lipinski definition) is 7. The monoisotopic (exact) mass is 569 g/mol. The summed E-state index contributed by atoms with van der Waals surface area (Å²) in [7, 11) is 3.11. The highest BCUT2D eigenvalue weighted by molar-refractivity contribution is 6.20. The van der Waals surface area contributed by atoms with Gasteiger partial charge in [-0.3, -0.25) is 24.1 Å². The number of hydrogen-bond donors (Lipinski definition) is 4. The second-order valence-corrected chi connectivity index (χ2v) is 10.2. The van der Waals surface area contributed by atoms with E-state index < -0.39 is 23.8 Å². The summed E-state index contributed by atoms with van der Waals surface area (Å²) >= 11 is 0. The highest BCUT2D eigenvalue weighted by Crippen LogP contribution is 2.32. The molecule has 1 unspecified atom stereocenters. The summed E-state index contributed by atoms with van der Waals surface area (Å²) in [6, 6.07) is 21.9. The molecule has 0 aliphatic carbocycles. The molecule has 0 fully saturated rings. The SMILES string of the molecule is CC[C@@H](NC1=C(Nc2cccc(C(=O)N(C)C)c2O)C(=O)N(Cc2ccccc2)C1=O)C(=O)NC(C)c1ccccc1. The van der Waals surface area contributed by atoms with Gasteiger partial charge in [0.05, 0.1) is 23.8 Å². The maximum atomic E-state index is 13.7. The van der Waals surface area contributed by atoms with Gasteiger partial charge >= 0.3 is 0 Å². The van der Waals surface area contributed by atoms with Gasteiger partial charge in [-0.25, -0.2) is 0 Å². The van der Waals surface area contributed by atoms with Crippen molar-refractivity contribution in [1.82, 2.24) is 20.4 Å². The van der Waals surface area contributed by atoms with E-state index in [1.54, 1.807) is 39.2 Å². The van der Waals surface area contributed by atoms with Gasteiger partial charge in [-0.05, 0) is 36.6 Å². The Bertz CT molecular complexity index is 1500. The Morgan fingerprint density at radius 3 is 2.12 bits per heavy atom. The van der Waals surface area contributed by atoms with Crippen LogP contribution in [0.15, 0.2) is 90.3 Å². The zero-order valence-electron chi connectivity index (χ0n) is 24.0. The van der Waals surface area contributed by atoms with Gasteiger partial charge in [0.15, 0.2) is 5.75 Å². The van der Waals surface area contributed by atoms with Crippen molar-refractivity contribution in [1.29, 1.82) is 0 Å². The standard InChI is InChI=1S/C32H35N5O5/c1-5-24(29(39)33-20(2)22-15-10-7-11-16-22)34-26-27(32(42)37(31(26)41)19-21-13-8-6-9-14-21)35-25-18-12-17-23(28(25)38)30(40)36(3)4/h6-18,20,24,34-35,38H,5,19H2,1-4H3,(H,33,39)/t20?,24-/m1/s1. The molecule has 0 bridgehead atoms. The van der Waals surface area contributed by atoms with Crippen LogP contribution in [0.25, 0.3) is 0 Å². The molecule has 0 radical (unpaired) electrons. The first-order valence-electron chi connectivity index (χ1n) is 13.7. The van der Waals surface area contributed by atoms with E-state index in [1.165, 1.54) is 17.0 Å². The molecule has 0 spiro atoms. The smallest absolute Gasteiger partial charge is 0.279 e. The van der Waals surface area contributed by atoms with Gasteiger partial charge < -0.3 is 26.0 Å². The highest BCUT2D eigenvalue weighted by atomic mass is 16.3. The Hall–Kier alpha value is -5.12. The van der Waals surface area contributed by atoms with E-state index in [-0.39, 0.29) is 46.9 Å². The molecule has 3 aromatic carbocycles. The van der Waals surface area contributed by atoms with E-state index in [2.05, 4.69) is 16.0 Å². The number of nitrogens with zero attached hydrogens (tertiary/aromatic N) is 2. The molecule has 10 nitrogen and oxygen atoms in total. The molecule has 1 aliphatic heterocycles. The topological polar surface area (TPSA) is 131 Å². The van der Waals surface area contributed by atoms with Crippen LogP contribution in [0.3, 0.4) is 0 Å². The predicted molar refractivity (Wildman–Crippen MR) is 159 cm³/mol. The number of phenolic OH excluding ortho intramolecular Hbond substituents is 1. The van der Waals surface area contributed by atoms with E-state index in [4.69, 9.17) is 0 Å². The molecular weight excluding hydrogens is 534 g/mol. The molecule has 4 N–H and O–H groups in total. The van der Waals surface area contributed by atoms with E-state index >= 15 is 0 Å². The highest BCUT2D eigenvalue weighted by Gasteiger charge is 2.40. The van der Waals surface area contributed by atoms with Crippen LogP contribution in [-0.2, 0) is 20.9 Å². The molecule has 4 rings (SSSR count). The molecule has 0 aromatic heterocycles. The van der Waals surface area contributed by atoms with Crippen molar-refractivity contribution in [2.24, 2.45) is 0 Å². The first-order valence-corrected chi connectivity index (χ1v) is 13.7. The van der Waals surface area contributed by atoms with Crippen molar-refractivity contribution in [3.63, 3.8) is 0 Å². The molecule has 3 aromatic rings. The fourth-order valence-electron chi connectivity index (χ4n) is 4.59. The number of phenols is 1. The Labute approximate surface area is 245 Å². The third-order valence-corrected chi connectivity index (χ3v) is 6.99. The molecule has 1 aliphatic rings. The number of para-hydroxylation sites is 1. The Balaban J connectivity index is 1.66. The minimum Gasteiger partial charge on any atom is -0.505 e. The van der Waals surface area contributed by atoms with Crippen LogP contribution in [0.5, 0.6) is 5.75 Å². The largest absolute Gasteiger partial charge is 0.505 e. The van der Waals surface area contributed by atoms with Gasteiger partial charge in [-0.15, -0.1) is 0 Å². The van der Waals surface area contributed by atoms with Gasteiger partial charge in [0.2, 0.25) is 5.91 Å². The number of amides is 4. The van der Waals surface area contributed by atoms with Gasteiger partial charge in [-0.2, -0.15) is 0 Å². The molecule has 42 heavy (non-hydrogen) atoms. The number of nitrogens with one attached hydrogen (secondary N) is 3. The van der Waals surface area contributed by atoms with E-state index in [9.17, 15) is 24.3 Å². The summed E-state index contributed by atoms with van der Waals surface area (Å²) in [5.74, 6) is -2.40. The van der Waals surface area contributed by atoms with Gasteiger partial charge in [0.1, 0.15) is 17.4 Å². The van der Waals surface area contributed by atoms with E-state index in [0.717, 1.165) is 16.0 Å².